The van der Waals surface area contributed by atoms with Crippen molar-refractivity contribution in [3.05, 3.63) is 56.2 Å². The molecule has 0 fully saturated rings. The molecule has 0 unspecified atom stereocenters. The molecule has 2 rings (SSSR count). The molecule has 0 atom stereocenters. The standard InChI is InChI=1S/C13H8BrCl2FN2O/c14-8-3-6(1-2-11(8)18)13(20)19-7-4-9(15)12(17)10(16)5-7/h1-5H,18H2,(H,19,20). The molecule has 7 heteroatoms. The van der Waals surface area contributed by atoms with Crippen LogP contribution in [0.25, 0.3) is 0 Å². The van der Waals surface area contributed by atoms with E-state index >= 15 is 0 Å². The molecule has 20 heavy (non-hydrogen) atoms. The number of hydrogen-bond donors (Lipinski definition) is 2. The lowest BCUT2D eigenvalue weighted by molar-refractivity contribution is 0.102. The van der Waals surface area contributed by atoms with Crippen molar-refractivity contribution in [2.75, 3.05) is 11.1 Å². The van der Waals surface area contributed by atoms with E-state index in [1.165, 1.54) is 12.1 Å². The summed E-state index contributed by atoms with van der Waals surface area (Å²) in [5.74, 6) is -1.11. The topological polar surface area (TPSA) is 55.1 Å². The zero-order valence-electron chi connectivity index (χ0n) is 9.88. The zero-order chi connectivity index (χ0) is 14.9. The van der Waals surface area contributed by atoms with Crippen LogP contribution in [0.1, 0.15) is 10.4 Å². The first-order valence-electron chi connectivity index (χ1n) is 5.39. The summed E-state index contributed by atoms with van der Waals surface area (Å²) in [7, 11) is 0. The van der Waals surface area contributed by atoms with Gasteiger partial charge in [-0.25, -0.2) is 4.39 Å². The van der Waals surface area contributed by atoms with Crippen molar-refractivity contribution < 1.29 is 9.18 Å². The predicted octanol–water partition coefficient (Wildman–Crippen LogP) is 4.73. The van der Waals surface area contributed by atoms with Gasteiger partial charge in [0.25, 0.3) is 5.91 Å². The van der Waals surface area contributed by atoms with Crippen molar-refractivity contribution in [3.63, 3.8) is 0 Å². The van der Waals surface area contributed by atoms with Crippen LogP contribution in [0.3, 0.4) is 0 Å². The van der Waals surface area contributed by atoms with Crippen LogP contribution in [0, 0.1) is 5.82 Å². The molecule has 0 aromatic heterocycles. The number of nitrogens with one attached hydrogen (secondary N) is 1. The van der Waals surface area contributed by atoms with Crippen LogP contribution in [0.4, 0.5) is 15.8 Å². The molecule has 3 N–H and O–H groups in total. The summed E-state index contributed by atoms with van der Waals surface area (Å²) >= 11 is 14.6. The molecule has 0 aliphatic rings. The van der Waals surface area contributed by atoms with Crippen molar-refractivity contribution in [1.82, 2.24) is 0 Å². The fourth-order valence-electron chi connectivity index (χ4n) is 1.50. The first-order chi connectivity index (χ1) is 9.38. The van der Waals surface area contributed by atoms with Gasteiger partial charge in [0, 0.05) is 21.4 Å². The maximum Gasteiger partial charge on any atom is 0.255 e. The van der Waals surface area contributed by atoms with Crippen molar-refractivity contribution in [1.29, 1.82) is 0 Å². The molecule has 2 aromatic rings. The Labute approximate surface area is 133 Å². The number of carbonyl (C=O) groups is 1. The van der Waals surface area contributed by atoms with E-state index in [0.717, 1.165) is 0 Å². The molecule has 0 saturated heterocycles. The molecule has 2 aromatic carbocycles. The Balaban J connectivity index is 2.25. The molecule has 3 nitrogen and oxygen atoms in total. The van der Waals surface area contributed by atoms with Gasteiger partial charge < -0.3 is 11.1 Å². The second kappa shape index (κ2) is 5.99. The highest BCUT2D eigenvalue weighted by Gasteiger charge is 2.11. The lowest BCUT2D eigenvalue weighted by Crippen LogP contribution is -2.12. The average Bonchev–Trinajstić information content (AvgIpc) is 2.39. The maximum absolute atomic E-state index is 13.3. The summed E-state index contributed by atoms with van der Waals surface area (Å²) in [6, 6.07) is 7.32. The number of nitrogens with two attached hydrogens (primary N) is 1. The lowest BCUT2D eigenvalue weighted by Gasteiger charge is -2.08. The highest BCUT2D eigenvalue weighted by molar-refractivity contribution is 9.10. The number of anilines is 2. The highest BCUT2D eigenvalue weighted by atomic mass is 79.9. The molecule has 0 spiro atoms. The summed E-state index contributed by atoms with van der Waals surface area (Å²) in [5, 5.41) is 2.26. The van der Waals surface area contributed by atoms with E-state index in [1.807, 2.05) is 0 Å². The smallest absolute Gasteiger partial charge is 0.255 e. The van der Waals surface area contributed by atoms with Crippen molar-refractivity contribution in [2.45, 2.75) is 0 Å². The molecule has 0 saturated carbocycles. The Hall–Kier alpha value is -1.30. The molecule has 0 aliphatic heterocycles. The number of carbonyl (C=O) groups excluding carboxylic acids is 1. The average molecular weight is 378 g/mol. The minimum absolute atomic E-state index is 0.161. The van der Waals surface area contributed by atoms with Gasteiger partial charge >= 0.3 is 0 Å². The third kappa shape index (κ3) is 3.23. The Kier molecular flexibility index (Phi) is 4.52. The van der Waals surface area contributed by atoms with Gasteiger partial charge in [0.2, 0.25) is 0 Å². The fraction of sp³-hybridized carbons (Fsp3) is 0. The van der Waals surface area contributed by atoms with Crippen LogP contribution in [0.5, 0.6) is 0 Å². The number of halogens is 4. The van der Waals surface area contributed by atoms with E-state index in [1.54, 1.807) is 18.2 Å². The second-order valence-electron chi connectivity index (χ2n) is 3.94. The molecule has 0 aliphatic carbocycles. The molecular formula is C13H8BrCl2FN2O. The molecule has 0 bridgehead atoms. The third-order valence-electron chi connectivity index (χ3n) is 2.50. The van der Waals surface area contributed by atoms with E-state index in [4.69, 9.17) is 28.9 Å². The van der Waals surface area contributed by atoms with Gasteiger partial charge in [-0.2, -0.15) is 0 Å². The van der Waals surface area contributed by atoms with Crippen LogP contribution in [-0.2, 0) is 0 Å². The SMILES string of the molecule is Nc1ccc(C(=O)Nc2cc(Cl)c(F)c(Cl)c2)cc1Br. The van der Waals surface area contributed by atoms with Gasteiger partial charge in [0.05, 0.1) is 10.0 Å². The summed E-state index contributed by atoms with van der Waals surface area (Å²) in [6.45, 7) is 0. The Morgan fingerprint density at radius 1 is 1.20 bits per heavy atom. The number of hydrogen-bond acceptors (Lipinski definition) is 2. The van der Waals surface area contributed by atoms with Crippen LogP contribution in [0.15, 0.2) is 34.8 Å². The molecular weight excluding hydrogens is 370 g/mol. The minimum Gasteiger partial charge on any atom is -0.398 e. The number of rotatable bonds is 2. The molecule has 1 amide bonds. The van der Waals surface area contributed by atoms with Gasteiger partial charge in [-0.1, -0.05) is 23.2 Å². The summed E-state index contributed by atoms with van der Waals surface area (Å²) in [6.07, 6.45) is 0. The predicted molar refractivity (Wildman–Crippen MR) is 82.9 cm³/mol. The summed E-state index contributed by atoms with van der Waals surface area (Å²) in [5.41, 5.74) is 6.86. The van der Waals surface area contributed by atoms with Gasteiger partial charge in [-0.3, -0.25) is 4.79 Å². The van der Waals surface area contributed by atoms with Crippen LogP contribution in [-0.4, -0.2) is 5.91 Å². The van der Waals surface area contributed by atoms with E-state index in [0.29, 0.717) is 21.4 Å². The summed E-state index contributed by atoms with van der Waals surface area (Å²) < 4.78 is 13.9. The highest BCUT2D eigenvalue weighted by Crippen LogP contribution is 2.28. The van der Waals surface area contributed by atoms with Crippen molar-refractivity contribution in [2.24, 2.45) is 0 Å². The Morgan fingerprint density at radius 2 is 1.80 bits per heavy atom. The van der Waals surface area contributed by atoms with E-state index in [2.05, 4.69) is 21.2 Å². The van der Waals surface area contributed by atoms with Crippen LogP contribution >= 0.6 is 39.1 Å². The van der Waals surface area contributed by atoms with Crippen LogP contribution in [0.2, 0.25) is 10.0 Å². The molecule has 0 heterocycles. The Morgan fingerprint density at radius 3 is 2.35 bits per heavy atom. The number of amides is 1. The van der Waals surface area contributed by atoms with Gasteiger partial charge in [0.15, 0.2) is 5.82 Å². The quantitative estimate of drug-likeness (QED) is 0.587. The van der Waals surface area contributed by atoms with Gasteiger partial charge in [0.1, 0.15) is 0 Å². The summed E-state index contributed by atoms with van der Waals surface area (Å²) in [4.78, 5) is 12.0. The lowest BCUT2D eigenvalue weighted by atomic mass is 10.2. The molecule has 104 valence electrons. The Bertz CT molecular complexity index is 671. The first-order valence-corrected chi connectivity index (χ1v) is 6.94. The van der Waals surface area contributed by atoms with E-state index in [-0.39, 0.29) is 16.0 Å². The van der Waals surface area contributed by atoms with E-state index < -0.39 is 5.82 Å². The van der Waals surface area contributed by atoms with Crippen LogP contribution < -0.4 is 11.1 Å². The van der Waals surface area contributed by atoms with Gasteiger partial charge in [-0.05, 0) is 46.3 Å². The number of nitrogen functional groups attached to an aromatic ring is 1. The largest absolute Gasteiger partial charge is 0.398 e. The van der Waals surface area contributed by atoms with Crippen molar-refractivity contribution in [3.8, 4) is 0 Å². The van der Waals surface area contributed by atoms with Crippen molar-refractivity contribution >= 4 is 56.4 Å². The monoisotopic (exact) mass is 376 g/mol. The zero-order valence-corrected chi connectivity index (χ0v) is 13.0. The third-order valence-corrected chi connectivity index (χ3v) is 3.74. The number of benzene rings is 2. The van der Waals surface area contributed by atoms with Gasteiger partial charge in [-0.15, -0.1) is 0 Å². The van der Waals surface area contributed by atoms with E-state index in [9.17, 15) is 9.18 Å². The second-order valence-corrected chi connectivity index (χ2v) is 5.61. The fourth-order valence-corrected chi connectivity index (χ4v) is 2.37. The maximum atomic E-state index is 13.3. The minimum atomic E-state index is -0.721. The molecule has 0 radical (unpaired) electrons. The first kappa shape index (κ1) is 15.1. The normalized spacial score (nSPS) is 10.4.